The molecule has 3 aromatic carbocycles. The number of nitrogens with zero attached hydrogens (tertiary/aromatic N) is 3. The molecule has 1 aromatic heterocycles. The molecule has 0 bridgehead atoms. The summed E-state index contributed by atoms with van der Waals surface area (Å²) < 4.78 is 53.2. The number of para-hydroxylation sites is 1. The zero-order valence-corrected chi connectivity index (χ0v) is 18.7. The van der Waals surface area contributed by atoms with Gasteiger partial charge in [0.2, 0.25) is 0 Å². The molecular weight excluding hydrogens is 464 g/mol. The van der Waals surface area contributed by atoms with E-state index in [-0.39, 0.29) is 17.1 Å². The molecule has 35 heavy (non-hydrogen) atoms. The molecule has 1 N–H and O–H groups in total. The van der Waals surface area contributed by atoms with Gasteiger partial charge in [-0.15, -0.1) is 0 Å². The molecule has 0 aliphatic rings. The maximum Gasteiger partial charge on any atom is 0.416 e. The van der Waals surface area contributed by atoms with Crippen molar-refractivity contribution in [3.05, 3.63) is 100 Å². The van der Waals surface area contributed by atoms with E-state index in [4.69, 9.17) is 0 Å². The molecule has 0 fully saturated rings. The van der Waals surface area contributed by atoms with Crippen LogP contribution in [0.3, 0.4) is 0 Å². The summed E-state index contributed by atoms with van der Waals surface area (Å²) in [6.07, 6.45) is -4.49. The fraction of sp³-hybridized carbons (Fsp3) is 0.160. The Kier molecular flexibility index (Phi) is 6.29. The number of nitrogens with one attached hydrogen (secondary N) is 1. The molecule has 180 valence electrons. The first kappa shape index (κ1) is 23.9. The summed E-state index contributed by atoms with van der Waals surface area (Å²) in [5, 5.41) is 2.90. The van der Waals surface area contributed by atoms with E-state index in [2.05, 4.69) is 10.3 Å². The van der Waals surface area contributed by atoms with Gasteiger partial charge in [-0.05, 0) is 67.6 Å². The average Bonchev–Trinajstić information content (AvgIpc) is 2.83. The highest BCUT2D eigenvalue weighted by Crippen LogP contribution is 2.30. The molecule has 4 rings (SSSR count). The number of benzene rings is 3. The fourth-order valence-electron chi connectivity index (χ4n) is 3.57. The van der Waals surface area contributed by atoms with Gasteiger partial charge in [0.25, 0.3) is 5.56 Å². The van der Waals surface area contributed by atoms with Gasteiger partial charge in [0, 0.05) is 12.7 Å². The summed E-state index contributed by atoms with van der Waals surface area (Å²) in [6.45, 7) is 1.66. The van der Waals surface area contributed by atoms with Gasteiger partial charge in [-0.3, -0.25) is 9.36 Å². The van der Waals surface area contributed by atoms with Gasteiger partial charge in [-0.25, -0.2) is 14.2 Å². The maximum atomic E-state index is 13.5. The van der Waals surface area contributed by atoms with E-state index in [1.807, 2.05) is 0 Å². The molecule has 0 spiro atoms. The van der Waals surface area contributed by atoms with Crippen molar-refractivity contribution in [2.45, 2.75) is 19.1 Å². The van der Waals surface area contributed by atoms with Crippen LogP contribution in [0.1, 0.15) is 24.4 Å². The number of fused-ring (bicyclic) bond motifs is 1. The maximum absolute atomic E-state index is 13.5. The third-order valence-electron chi connectivity index (χ3n) is 5.62. The summed E-state index contributed by atoms with van der Waals surface area (Å²) in [6, 6.07) is 14.7. The van der Waals surface area contributed by atoms with Gasteiger partial charge in [-0.2, -0.15) is 13.2 Å². The van der Waals surface area contributed by atoms with Crippen molar-refractivity contribution >= 4 is 22.6 Å². The normalized spacial score (nSPS) is 12.4. The summed E-state index contributed by atoms with van der Waals surface area (Å²) >= 11 is 0. The zero-order chi connectivity index (χ0) is 25.3. The number of aromatic nitrogens is 2. The lowest BCUT2D eigenvalue weighted by Crippen LogP contribution is -2.37. The van der Waals surface area contributed by atoms with Crippen molar-refractivity contribution in [2.24, 2.45) is 0 Å². The number of carbonyl (C=O) groups is 1. The minimum Gasteiger partial charge on any atom is -0.318 e. The molecule has 1 unspecified atom stereocenters. The molecule has 2 amide bonds. The third kappa shape index (κ3) is 4.86. The van der Waals surface area contributed by atoms with Crippen molar-refractivity contribution in [1.29, 1.82) is 0 Å². The number of hydrogen-bond acceptors (Lipinski definition) is 3. The van der Waals surface area contributed by atoms with E-state index in [1.54, 1.807) is 31.2 Å². The van der Waals surface area contributed by atoms with E-state index >= 15 is 0 Å². The predicted molar refractivity (Wildman–Crippen MR) is 124 cm³/mol. The van der Waals surface area contributed by atoms with Gasteiger partial charge in [0.15, 0.2) is 0 Å². The van der Waals surface area contributed by atoms with Crippen LogP contribution in [-0.2, 0) is 6.18 Å². The van der Waals surface area contributed by atoms with Crippen LogP contribution in [0, 0.1) is 5.82 Å². The number of amides is 2. The van der Waals surface area contributed by atoms with Crippen LogP contribution in [0.25, 0.3) is 16.6 Å². The second kappa shape index (κ2) is 9.21. The fourth-order valence-corrected chi connectivity index (χ4v) is 3.57. The minimum absolute atomic E-state index is 0.171. The van der Waals surface area contributed by atoms with E-state index in [0.29, 0.717) is 16.6 Å². The minimum atomic E-state index is -4.49. The van der Waals surface area contributed by atoms with E-state index in [1.165, 1.54) is 40.8 Å². The molecule has 1 heterocycles. The predicted octanol–water partition coefficient (Wildman–Crippen LogP) is 5.77. The van der Waals surface area contributed by atoms with Crippen LogP contribution in [0.5, 0.6) is 0 Å². The van der Waals surface area contributed by atoms with Crippen molar-refractivity contribution < 1.29 is 22.4 Å². The summed E-state index contributed by atoms with van der Waals surface area (Å²) in [7, 11) is 1.47. The van der Waals surface area contributed by atoms with E-state index in [0.717, 1.165) is 24.3 Å². The highest BCUT2D eigenvalue weighted by molar-refractivity contribution is 5.89. The standard InChI is InChI=1S/C25H20F4N4O2/c1-15(32(2)24(35)30-18-11-7-16(8-12-18)25(27,28)29)22-31-21-6-4-3-5-20(21)23(34)33(22)19-13-9-17(26)10-14-19/h3-15H,1-2H3,(H,30,35). The van der Waals surface area contributed by atoms with Crippen molar-refractivity contribution in [3.8, 4) is 5.69 Å². The van der Waals surface area contributed by atoms with Crippen LogP contribution in [0.15, 0.2) is 77.6 Å². The van der Waals surface area contributed by atoms with E-state index in [9.17, 15) is 27.2 Å². The highest BCUT2D eigenvalue weighted by atomic mass is 19.4. The first-order valence-electron chi connectivity index (χ1n) is 10.5. The highest BCUT2D eigenvalue weighted by Gasteiger charge is 2.30. The Bertz CT molecular complexity index is 1430. The second-order valence-corrected chi connectivity index (χ2v) is 7.90. The Morgan fingerprint density at radius 2 is 1.63 bits per heavy atom. The molecule has 0 aliphatic heterocycles. The molecule has 0 aliphatic carbocycles. The lowest BCUT2D eigenvalue weighted by Gasteiger charge is -2.27. The lowest BCUT2D eigenvalue weighted by atomic mass is 10.2. The molecule has 6 nitrogen and oxygen atoms in total. The molecule has 10 heteroatoms. The van der Waals surface area contributed by atoms with Gasteiger partial charge >= 0.3 is 12.2 Å². The zero-order valence-electron chi connectivity index (χ0n) is 18.7. The molecule has 0 saturated heterocycles. The van der Waals surface area contributed by atoms with Crippen LogP contribution in [0.2, 0.25) is 0 Å². The Labute approximate surface area is 197 Å². The smallest absolute Gasteiger partial charge is 0.318 e. The Hall–Kier alpha value is -4.21. The van der Waals surface area contributed by atoms with E-state index < -0.39 is 29.6 Å². The van der Waals surface area contributed by atoms with Gasteiger partial charge in [0.05, 0.1) is 28.2 Å². The molecule has 4 aromatic rings. The number of urea groups is 1. The number of alkyl halides is 3. The Balaban J connectivity index is 1.69. The molecular formula is C25H20F4N4O2. The van der Waals surface area contributed by atoms with Gasteiger partial charge in [0.1, 0.15) is 11.6 Å². The number of carbonyl (C=O) groups excluding carboxylic acids is 1. The number of anilines is 1. The summed E-state index contributed by atoms with van der Waals surface area (Å²) in [5.41, 5.74) is -0.256. The SMILES string of the molecule is CC(c1nc2ccccc2c(=O)n1-c1ccc(F)cc1)N(C)C(=O)Nc1ccc(C(F)(F)F)cc1. The lowest BCUT2D eigenvalue weighted by molar-refractivity contribution is -0.137. The summed E-state index contributed by atoms with van der Waals surface area (Å²) in [5.74, 6) is -0.247. The first-order chi connectivity index (χ1) is 16.6. The first-order valence-corrected chi connectivity index (χ1v) is 10.5. The number of halogens is 4. The molecule has 1 atom stereocenters. The second-order valence-electron chi connectivity index (χ2n) is 7.90. The monoisotopic (exact) mass is 484 g/mol. The van der Waals surface area contributed by atoms with Crippen molar-refractivity contribution in [1.82, 2.24) is 14.5 Å². The molecule has 0 radical (unpaired) electrons. The van der Waals surface area contributed by atoms with Crippen molar-refractivity contribution in [2.75, 3.05) is 12.4 Å². The van der Waals surface area contributed by atoms with Gasteiger partial charge in [-0.1, -0.05) is 12.1 Å². The average molecular weight is 484 g/mol. The van der Waals surface area contributed by atoms with Crippen molar-refractivity contribution in [3.63, 3.8) is 0 Å². The van der Waals surface area contributed by atoms with Crippen LogP contribution in [-0.4, -0.2) is 27.5 Å². The topological polar surface area (TPSA) is 67.2 Å². The largest absolute Gasteiger partial charge is 0.416 e. The Morgan fingerprint density at radius 1 is 1.00 bits per heavy atom. The van der Waals surface area contributed by atoms with Crippen LogP contribution < -0.4 is 10.9 Å². The van der Waals surface area contributed by atoms with Gasteiger partial charge < -0.3 is 10.2 Å². The van der Waals surface area contributed by atoms with Crippen LogP contribution >= 0.6 is 0 Å². The van der Waals surface area contributed by atoms with Crippen LogP contribution in [0.4, 0.5) is 28.0 Å². The number of rotatable bonds is 4. The molecule has 0 saturated carbocycles. The number of hydrogen-bond donors (Lipinski definition) is 1. The quantitative estimate of drug-likeness (QED) is 0.374. The third-order valence-corrected chi connectivity index (χ3v) is 5.62. The Morgan fingerprint density at radius 3 is 2.26 bits per heavy atom. The summed E-state index contributed by atoms with van der Waals surface area (Å²) in [4.78, 5) is 32.1.